The van der Waals surface area contributed by atoms with E-state index in [4.69, 9.17) is 0 Å². The molecule has 2 rings (SSSR count). The summed E-state index contributed by atoms with van der Waals surface area (Å²) >= 11 is 0. The Labute approximate surface area is 139 Å². The third-order valence-corrected chi connectivity index (χ3v) is 7.17. The highest BCUT2D eigenvalue weighted by atomic mass is 32.2. The second kappa shape index (κ2) is 7.63. The fourth-order valence-corrected chi connectivity index (χ4v) is 4.65. The molecule has 1 aliphatic rings. The molecule has 0 aromatic heterocycles. The van der Waals surface area contributed by atoms with E-state index in [0.29, 0.717) is 31.0 Å². The van der Waals surface area contributed by atoms with Gasteiger partial charge in [0.1, 0.15) is 0 Å². The number of nitrogens with one attached hydrogen (secondary N) is 1. The second-order valence-corrected chi connectivity index (χ2v) is 9.98. The summed E-state index contributed by atoms with van der Waals surface area (Å²) in [7, 11) is -5.20. The molecule has 8 heteroatoms. The summed E-state index contributed by atoms with van der Waals surface area (Å²) in [6, 6.07) is 8.83. The number of para-hydroxylation sites is 1. The number of rotatable bonds is 10. The van der Waals surface area contributed by atoms with E-state index in [-0.39, 0.29) is 11.5 Å². The third kappa shape index (κ3) is 6.12. The largest absolute Gasteiger partial charge is 0.273 e. The predicted molar refractivity (Wildman–Crippen MR) is 92.4 cm³/mol. The van der Waals surface area contributed by atoms with E-state index in [1.807, 2.05) is 6.07 Å². The number of sulfonamides is 2. The molecule has 1 fully saturated rings. The van der Waals surface area contributed by atoms with E-state index in [9.17, 15) is 16.8 Å². The van der Waals surface area contributed by atoms with E-state index < -0.39 is 20.0 Å². The van der Waals surface area contributed by atoms with Gasteiger partial charge in [0.2, 0.25) is 20.0 Å². The van der Waals surface area contributed by atoms with Crippen molar-refractivity contribution in [2.45, 2.75) is 25.7 Å². The fraction of sp³-hybridized carbons (Fsp3) is 0.600. The van der Waals surface area contributed by atoms with Crippen LogP contribution in [0.5, 0.6) is 0 Å². The molecule has 6 nitrogen and oxygen atoms in total. The van der Waals surface area contributed by atoms with Crippen molar-refractivity contribution in [1.82, 2.24) is 4.72 Å². The summed E-state index contributed by atoms with van der Waals surface area (Å²) in [5.74, 6) is 0.408. The van der Waals surface area contributed by atoms with Crippen molar-refractivity contribution < 1.29 is 16.8 Å². The van der Waals surface area contributed by atoms with E-state index in [0.717, 1.165) is 12.8 Å². The minimum atomic E-state index is -3.43. The normalized spacial score (nSPS) is 15.5. The first-order chi connectivity index (χ1) is 10.8. The van der Waals surface area contributed by atoms with Gasteiger partial charge in [-0.25, -0.2) is 21.6 Å². The zero-order valence-corrected chi connectivity index (χ0v) is 14.9. The fourth-order valence-electron chi connectivity index (χ4n) is 2.15. The van der Waals surface area contributed by atoms with Crippen LogP contribution in [0, 0.1) is 5.92 Å². The molecule has 0 heterocycles. The highest BCUT2D eigenvalue weighted by Crippen LogP contribution is 2.27. The molecule has 1 aliphatic carbocycles. The van der Waals surface area contributed by atoms with Crippen LogP contribution in [0.4, 0.5) is 5.69 Å². The Morgan fingerprint density at radius 3 is 2.26 bits per heavy atom. The Bertz CT molecular complexity index is 698. The molecule has 0 atom stereocenters. The molecule has 1 aromatic carbocycles. The molecular weight excluding hydrogens is 336 g/mol. The molecule has 1 aromatic rings. The van der Waals surface area contributed by atoms with Gasteiger partial charge in [0.25, 0.3) is 0 Å². The lowest BCUT2D eigenvalue weighted by Crippen LogP contribution is -2.30. The summed E-state index contributed by atoms with van der Waals surface area (Å²) in [4.78, 5) is 0. The number of hydrogen-bond acceptors (Lipinski definition) is 4. The van der Waals surface area contributed by atoms with Gasteiger partial charge in [-0.2, -0.15) is 0 Å². The summed E-state index contributed by atoms with van der Waals surface area (Å²) in [6.45, 7) is 0.511. The molecule has 1 saturated carbocycles. The lowest BCUT2D eigenvalue weighted by molar-refractivity contribution is 0.571. The standard InChI is InChI=1S/C15H24N2O4S2/c1-17(15-7-3-2-4-8-15)23(20,21)12-6-5-11-22(18,19)16-13-14-9-10-14/h2-4,7-8,14,16H,5-6,9-13H2,1H3. The zero-order chi connectivity index (χ0) is 16.9. The van der Waals surface area contributed by atoms with Crippen LogP contribution in [-0.2, 0) is 20.0 Å². The first kappa shape index (κ1) is 18.2. The van der Waals surface area contributed by atoms with Gasteiger partial charge in [0, 0.05) is 13.6 Å². The van der Waals surface area contributed by atoms with Crippen LogP contribution in [0.2, 0.25) is 0 Å². The molecule has 0 bridgehead atoms. The monoisotopic (exact) mass is 360 g/mol. The molecule has 0 amide bonds. The Balaban J connectivity index is 1.76. The van der Waals surface area contributed by atoms with Crippen LogP contribution in [0.25, 0.3) is 0 Å². The van der Waals surface area contributed by atoms with Crippen molar-refractivity contribution in [3.05, 3.63) is 30.3 Å². The third-order valence-electron chi connectivity index (χ3n) is 3.89. The predicted octanol–water partition coefficient (Wildman–Crippen LogP) is 1.56. The first-order valence-electron chi connectivity index (χ1n) is 7.79. The number of unbranched alkanes of at least 4 members (excludes halogenated alkanes) is 1. The second-order valence-electron chi connectivity index (χ2n) is 5.94. The molecule has 0 spiro atoms. The van der Waals surface area contributed by atoms with Crippen molar-refractivity contribution in [3.63, 3.8) is 0 Å². The Morgan fingerprint density at radius 2 is 1.65 bits per heavy atom. The van der Waals surface area contributed by atoms with Gasteiger partial charge in [-0.3, -0.25) is 4.31 Å². The van der Waals surface area contributed by atoms with Gasteiger partial charge in [0.05, 0.1) is 17.2 Å². The maximum atomic E-state index is 12.2. The van der Waals surface area contributed by atoms with Gasteiger partial charge >= 0.3 is 0 Å². The molecule has 23 heavy (non-hydrogen) atoms. The smallest absolute Gasteiger partial charge is 0.234 e. The number of benzene rings is 1. The van der Waals surface area contributed by atoms with Gasteiger partial charge in [-0.1, -0.05) is 18.2 Å². The highest BCUT2D eigenvalue weighted by Gasteiger charge is 2.23. The average Bonchev–Trinajstić information content (AvgIpc) is 3.34. The number of hydrogen-bond donors (Lipinski definition) is 1. The van der Waals surface area contributed by atoms with Crippen LogP contribution < -0.4 is 9.03 Å². The Hall–Kier alpha value is -1.12. The van der Waals surface area contributed by atoms with Crippen molar-refractivity contribution in [3.8, 4) is 0 Å². The molecule has 0 aliphatic heterocycles. The van der Waals surface area contributed by atoms with Crippen LogP contribution in [-0.4, -0.2) is 41.9 Å². The molecule has 0 unspecified atom stereocenters. The van der Waals surface area contributed by atoms with Crippen LogP contribution in [0.1, 0.15) is 25.7 Å². The van der Waals surface area contributed by atoms with Crippen LogP contribution in [0.3, 0.4) is 0 Å². The summed E-state index contributed by atoms with van der Waals surface area (Å²) in [6.07, 6.45) is 2.84. The number of anilines is 1. The summed E-state index contributed by atoms with van der Waals surface area (Å²) in [5, 5.41) is 0. The zero-order valence-electron chi connectivity index (χ0n) is 13.3. The maximum Gasteiger partial charge on any atom is 0.234 e. The van der Waals surface area contributed by atoms with Gasteiger partial charge in [0.15, 0.2) is 0 Å². The maximum absolute atomic E-state index is 12.2. The van der Waals surface area contributed by atoms with Crippen molar-refractivity contribution >= 4 is 25.7 Å². The van der Waals surface area contributed by atoms with E-state index in [2.05, 4.69) is 4.72 Å². The van der Waals surface area contributed by atoms with Gasteiger partial charge in [-0.15, -0.1) is 0 Å². The van der Waals surface area contributed by atoms with E-state index >= 15 is 0 Å². The van der Waals surface area contributed by atoms with Crippen LogP contribution in [0.15, 0.2) is 30.3 Å². The Morgan fingerprint density at radius 1 is 1.04 bits per heavy atom. The molecule has 0 saturated heterocycles. The summed E-state index contributed by atoms with van der Waals surface area (Å²) in [5.41, 5.74) is 0.603. The van der Waals surface area contributed by atoms with Crippen LogP contribution >= 0.6 is 0 Å². The first-order valence-corrected chi connectivity index (χ1v) is 11.1. The molecule has 130 valence electrons. The minimum absolute atomic E-state index is 0.0235. The minimum Gasteiger partial charge on any atom is -0.273 e. The van der Waals surface area contributed by atoms with Crippen molar-refractivity contribution in [2.75, 3.05) is 29.4 Å². The molecular formula is C15H24N2O4S2. The highest BCUT2D eigenvalue weighted by molar-refractivity contribution is 7.92. The average molecular weight is 361 g/mol. The van der Waals surface area contributed by atoms with Gasteiger partial charge < -0.3 is 0 Å². The SMILES string of the molecule is CN(c1ccccc1)S(=O)(=O)CCCCS(=O)(=O)NCC1CC1. The van der Waals surface area contributed by atoms with E-state index in [1.54, 1.807) is 24.3 Å². The Kier molecular flexibility index (Phi) is 6.05. The van der Waals surface area contributed by atoms with E-state index in [1.165, 1.54) is 11.4 Å². The lowest BCUT2D eigenvalue weighted by Gasteiger charge is -2.19. The molecule has 0 radical (unpaired) electrons. The quantitative estimate of drug-likeness (QED) is 0.642. The topological polar surface area (TPSA) is 83.6 Å². The van der Waals surface area contributed by atoms with Crippen molar-refractivity contribution in [2.24, 2.45) is 5.92 Å². The van der Waals surface area contributed by atoms with Gasteiger partial charge in [-0.05, 0) is 43.7 Å². The number of nitrogens with zero attached hydrogens (tertiary/aromatic N) is 1. The summed E-state index contributed by atoms with van der Waals surface area (Å²) < 4.78 is 51.8. The lowest BCUT2D eigenvalue weighted by atomic mass is 10.3. The van der Waals surface area contributed by atoms with Crippen molar-refractivity contribution in [1.29, 1.82) is 0 Å². The molecule has 1 N–H and O–H groups in total.